The number of aliphatic hydroxyl groups is 1. The number of imidazole rings is 1. The minimum atomic E-state index is -0.725. The van der Waals surface area contributed by atoms with Crippen molar-refractivity contribution >= 4 is 22.6 Å². The topological polar surface area (TPSA) is 67.6 Å². The molecule has 0 unspecified atom stereocenters. The third-order valence-electron chi connectivity index (χ3n) is 6.86. The van der Waals surface area contributed by atoms with Crippen LogP contribution in [0.15, 0.2) is 66.7 Å². The fourth-order valence-corrected chi connectivity index (χ4v) is 5.11. The Balaban J connectivity index is 1.36. The van der Waals surface area contributed by atoms with Crippen LogP contribution in [0.3, 0.4) is 0 Å². The van der Waals surface area contributed by atoms with Gasteiger partial charge in [-0.15, -0.1) is 0 Å². The van der Waals surface area contributed by atoms with Crippen molar-refractivity contribution in [3.63, 3.8) is 0 Å². The van der Waals surface area contributed by atoms with E-state index in [2.05, 4.69) is 29.7 Å². The van der Waals surface area contributed by atoms with Crippen LogP contribution in [0, 0.1) is 13.8 Å². The molecule has 1 amide bonds. The number of anilines is 1. The summed E-state index contributed by atoms with van der Waals surface area (Å²) in [5, 5.41) is 10.9. The molecule has 0 spiro atoms. The van der Waals surface area contributed by atoms with Gasteiger partial charge in [-0.2, -0.15) is 0 Å². The monoisotopic (exact) mass is 483 g/mol. The third kappa shape index (κ3) is 5.00. The summed E-state index contributed by atoms with van der Waals surface area (Å²) in [6.07, 6.45) is 0.640. The van der Waals surface area contributed by atoms with Crippen LogP contribution in [0.25, 0.3) is 11.0 Å². The Hall–Kier alpha value is -3.64. The van der Waals surface area contributed by atoms with E-state index in [0.29, 0.717) is 19.5 Å². The maximum atomic E-state index is 13.0. The number of benzene rings is 3. The van der Waals surface area contributed by atoms with Gasteiger partial charge < -0.3 is 19.3 Å². The summed E-state index contributed by atoms with van der Waals surface area (Å²) >= 11 is 0. The molecule has 3 aromatic carbocycles. The fourth-order valence-electron chi connectivity index (χ4n) is 5.11. The van der Waals surface area contributed by atoms with E-state index in [1.165, 1.54) is 5.56 Å². The molecule has 1 aliphatic rings. The molecule has 186 valence electrons. The van der Waals surface area contributed by atoms with Gasteiger partial charge >= 0.3 is 0 Å². The van der Waals surface area contributed by atoms with E-state index in [1.54, 1.807) is 0 Å². The SMILES string of the molecule is CCc1ccc(N2C[C@H](c3nc4ccccc4n3C[C@@H](O)COc3cc(C)cc(C)c3)CC2=O)cc1. The van der Waals surface area contributed by atoms with Gasteiger partial charge in [0.25, 0.3) is 0 Å². The van der Waals surface area contributed by atoms with Crippen LogP contribution in [0.5, 0.6) is 5.75 Å². The number of hydrogen-bond donors (Lipinski definition) is 1. The van der Waals surface area contributed by atoms with Crippen molar-refractivity contribution in [3.8, 4) is 5.75 Å². The molecule has 36 heavy (non-hydrogen) atoms. The molecule has 1 N–H and O–H groups in total. The Morgan fingerprint density at radius 2 is 1.78 bits per heavy atom. The summed E-state index contributed by atoms with van der Waals surface area (Å²) in [6, 6.07) is 22.2. The van der Waals surface area contributed by atoms with E-state index in [-0.39, 0.29) is 18.4 Å². The van der Waals surface area contributed by atoms with Gasteiger partial charge in [0.2, 0.25) is 5.91 Å². The number of para-hydroxylation sites is 2. The first-order valence-corrected chi connectivity index (χ1v) is 12.6. The highest BCUT2D eigenvalue weighted by molar-refractivity contribution is 5.96. The van der Waals surface area contributed by atoms with Gasteiger partial charge in [0, 0.05) is 24.6 Å². The number of carbonyl (C=O) groups excluding carboxylic acids is 1. The van der Waals surface area contributed by atoms with Gasteiger partial charge in [0.05, 0.1) is 17.6 Å². The average molecular weight is 484 g/mol. The molecule has 5 rings (SSSR count). The molecular weight excluding hydrogens is 450 g/mol. The Morgan fingerprint density at radius 3 is 2.50 bits per heavy atom. The van der Waals surface area contributed by atoms with Gasteiger partial charge in [0.15, 0.2) is 0 Å². The highest BCUT2D eigenvalue weighted by Crippen LogP contribution is 2.33. The molecule has 2 atom stereocenters. The predicted octanol–water partition coefficient (Wildman–Crippen LogP) is 5.18. The molecule has 0 saturated carbocycles. The third-order valence-corrected chi connectivity index (χ3v) is 6.86. The van der Waals surface area contributed by atoms with Crippen molar-refractivity contribution in [1.82, 2.24) is 9.55 Å². The second-order valence-corrected chi connectivity index (χ2v) is 9.78. The molecule has 2 heterocycles. The number of nitrogens with zero attached hydrogens (tertiary/aromatic N) is 3. The quantitative estimate of drug-likeness (QED) is 0.375. The van der Waals surface area contributed by atoms with Crippen LogP contribution in [0.1, 0.15) is 41.8 Å². The van der Waals surface area contributed by atoms with Gasteiger partial charge in [-0.1, -0.05) is 37.3 Å². The van der Waals surface area contributed by atoms with E-state index < -0.39 is 6.10 Å². The van der Waals surface area contributed by atoms with Crippen LogP contribution in [-0.4, -0.2) is 39.8 Å². The lowest BCUT2D eigenvalue weighted by molar-refractivity contribution is -0.117. The molecule has 0 bridgehead atoms. The van der Waals surface area contributed by atoms with Crippen molar-refractivity contribution in [2.75, 3.05) is 18.1 Å². The number of amides is 1. The van der Waals surface area contributed by atoms with Crippen LogP contribution in [0.4, 0.5) is 5.69 Å². The first-order chi connectivity index (χ1) is 17.4. The van der Waals surface area contributed by atoms with Gasteiger partial charge in [-0.25, -0.2) is 4.98 Å². The molecule has 0 aliphatic carbocycles. The molecule has 1 aromatic heterocycles. The fraction of sp³-hybridized carbons (Fsp3) is 0.333. The number of aryl methyl sites for hydroxylation is 3. The summed E-state index contributed by atoms with van der Waals surface area (Å²) < 4.78 is 7.98. The minimum Gasteiger partial charge on any atom is -0.491 e. The standard InChI is InChI=1S/C30H33N3O3/c1-4-22-9-11-24(12-10-22)32-17-23(16-29(32)35)30-31-27-7-5-6-8-28(27)33(30)18-25(34)19-36-26-14-20(2)13-21(3)15-26/h5-15,23,25,34H,4,16-19H2,1-3H3/t23-,25-/m1/s1. The van der Waals surface area contributed by atoms with Crippen LogP contribution < -0.4 is 9.64 Å². The number of rotatable bonds is 8. The van der Waals surface area contributed by atoms with Crippen molar-refractivity contribution in [2.24, 2.45) is 0 Å². The van der Waals surface area contributed by atoms with E-state index in [9.17, 15) is 9.90 Å². The van der Waals surface area contributed by atoms with Gasteiger partial charge in [0.1, 0.15) is 24.3 Å². The number of carbonyl (C=O) groups is 1. The molecule has 1 aliphatic heterocycles. The number of ether oxygens (including phenoxy) is 1. The maximum Gasteiger partial charge on any atom is 0.227 e. The second-order valence-electron chi connectivity index (χ2n) is 9.78. The molecule has 0 radical (unpaired) electrons. The average Bonchev–Trinajstić information content (AvgIpc) is 3.43. The number of aliphatic hydroxyl groups excluding tert-OH is 1. The summed E-state index contributed by atoms with van der Waals surface area (Å²) in [7, 11) is 0. The Labute approximate surface area is 212 Å². The lowest BCUT2D eigenvalue weighted by Crippen LogP contribution is -2.26. The van der Waals surface area contributed by atoms with Crippen LogP contribution >= 0.6 is 0 Å². The Bertz CT molecular complexity index is 1360. The largest absolute Gasteiger partial charge is 0.491 e. The van der Waals surface area contributed by atoms with Crippen molar-refractivity contribution < 1.29 is 14.6 Å². The summed E-state index contributed by atoms with van der Waals surface area (Å²) in [5.41, 5.74) is 6.25. The maximum absolute atomic E-state index is 13.0. The zero-order valence-corrected chi connectivity index (χ0v) is 21.1. The summed E-state index contributed by atoms with van der Waals surface area (Å²) in [5.74, 6) is 1.64. The number of aromatic nitrogens is 2. The van der Waals surface area contributed by atoms with E-state index in [0.717, 1.165) is 45.8 Å². The highest BCUT2D eigenvalue weighted by atomic mass is 16.5. The molecule has 6 nitrogen and oxygen atoms in total. The summed E-state index contributed by atoms with van der Waals surface area (Å²) in [4.78, 5) is 19.8. The number of hydrogen-bond acceptors (Lipinski definition) is 4. The first kappa shape index (κ1) is 24.1. The van der Waals surface area contributed by atoms with Crippen molar-refractivity contribution in [2.45, 2.75) is 52.2 Å². The zero-order valence-electron chi connectivity index (χ0n) is 21.1. The van der Waals surface area contributed by atoms with Crippen LogP contribution in [-0.2, 0) is 17.8 Å². The Morgan fingerprint density at radius 1 is 1.06 bits per heavy atom. The lowest BCUT2D eigenvalue weighted by Gasteiger charge is -2.19. The van der Waals surface area contributed by atoms with E-state index in [1.807, 2.05) is 67.3 Å². The predicted molar refractivity (Wildman–Crippen MR) is 143 cm³/mol. The van der Waals surface area contributed by atoms with Crippen LogP contribution in [0.2, 0.25) is 0 Å². The number of fused-ring (bicyclic) bond motifs is 1. The summed E-state index contributed by atoms with van der Waals surface area (Å²) in [6.45, 7) is 7.28. The van der Waals surface area contributed by atoms with E-state index >= 15 is 0 Å². The zero-order chi connectivity index (χ0) is 25.2. The first-order valence-electron chi connectivity index (χ1n) is 12.6. The van der Waals surface area contributed by atoms with E-state index in [4.69, 9.17) is 9.72 Å². The molecular formula is C30H33N3O3. The normalized spacial score (nSPS) is 16.6. The van der Waals surface area contributed by atoms with Crippen molar-refractivity contribution in [3.05, 3.63) is 89.2 Å². The molecule has 4 aromatic rings. The minimum absolute atomic E-state index is 0.0525. The lowest BCUT2D eigenvalue weighted by atomic mass is 10.1. The smallest absolute Gasteiger partial charge is 0.227 e. The second kappa shape index (κ2) is 10.2. The molecule has 6 heteroatoms. The molecule has 1 fully saturated rings. The van der Waals surface area contributed by atoms with Crippen molar-refractivity contribution in [1.29, 1.82) is 0 Å². The molecule has 1 saturated heterocycles. The van der Waals surface area contributed by atoms with Gasteiger partial charge in [-0.3, -0.25) is 4.79 Å². The Kier molecular flexibility index (Phi) is 6.79. The van der Waals surface area contributed by atoms with Gasteiger partial charge in [-0.05, 0) is 73.4 Å². The highest BCUT2D eigenvalue weighted by Gasteiger charge is 2.35.